The van der Waals surface area contributed by atoms with E-state index in [1.165, 1.54) is 0 Å². The van der Waals surface area contributed by atoms with Crippen molar-refractivity contribution in [2.45, 2.75) is 38.9 Å². The first-order chi connectivity index (χ1) is 17.1. The highest BCUT2D eigenvalue weighted by Crippen LogP contribution is 2.29. The van der Waals surface area contributed by atoms with Crippen molar-refractivity contribution in [2.24, 2.45) is 0 Å². The molecule has 0 saturated heterocycles. The van der Waals surface area contributed by atoms with Crippen LogP contribution in [0.3, 0.4) is 0 Å². The fourth-order valence-electron chi connectivity index (χ4n) is 4.56. The van der Waals surface area contributed by atoms with E-state index in [2.05, 4.69) is 4.98 Å². The number of benzene rings is 3. The minimum absolute atomic E-state index is 0.478. The van der Waals surface area contributed by atoms with E-state index in [9.17, 15) is 9.90 Å². The van der Waals surface area contributed by atoms with Crippen molar-refractivity contribution in [1.29, 1.82) is 0 Å². The molecule has 0 aliphatic carbocycles. The zero-order valence-electron chi connectivity index (χ0n) is 19.7. The van der Waals surface area contributed by atoms with Gasteiger partial charge in [0.25, 0.3) is 0 Å². The summed E-state index contributed by atoms with van der Waals surface area (Å²) >= 11 is 0. The third-order valence-electron chi connectivity index (χ3n) is 6.44. The van der Waals surface area contributed by atoms with E-state index in [1.807, 2.05) is 90.7 Å². The molecule has 0 unspecified atom stereocenters. The molecule has 5 rings (SSSR count). The molecule has 0 saturated carbocycles. The van der Waals surface area contributed by atoms with Crippen LogP contribution in [0, 0.1) is 6.92 Å². The van der Waals surface area contributed by atoms with Gasteiger partial charge in [0, 0.05) is 25.1 Å². The van der Waals surface area contributed by atoms with Crippen molar-refractivity contribution < 1.29 is 19.1 Å². The number of aliphatic carboxylic acids is 1. The molecule has 6 heteroatoms. The first kappa shape index (κ1) is 22.9. The highest BCUT2D eigenvalue weighted by molar-refractivity contribution is 5.74. The molecule has 35 heavy (non-hydrogen) atoms. The van der Waals surface area contributed by atoms with E-state index in [-0.39, 0.29) is 0 Å². The second-order valence-electron chi connectivity index (χ2n) is 8.87. The van der Waals surface area contributed by atoms with Crippen LogP contribution >= 0.6 is 0 Å². The van der Waals surface area contributed by atoms with E-state index >= 15 is 0 Å². The summed E-state index contributed by atoms with van der Waals surface area (Å²) in [5.41, 5.74) is 5.12. The van der Waals surface area contributed by atoms with Crippen LogP contribution in [-0.4, -0.2) is 33.6 Å². The highest BCUT2D eigenvalue weighted by atomic mass is 16.5. The third kappa shape index (κ3) is 5.28. The Morgan fingerprint density at radius 1 is 1.06 bits per heavy atom. The molecule has 3 aromatic carbocycles. The fourth-order valence-corrected chi connectivity index (χ4v) is 4.56. The molecule has 2 heterocycles. The standard InChI is InChI=1S/C29H28N2O4/c1-20-26(30-28(35-20)22-10-6-3-7-11-22)14-15-34-25-13-12-23-17-27(29(32)33)31(19-24(23)16-25)18-21-8-4-2-5-9-21/h2-13,16,27H,14-15,17-19H2,1H3,(H,32,33)/t27-/m0/s1. The minimum Gasteiger partial charge on any atom is -0.493 e. The van der Waals surface area contributed by atoms with Crippen molar-refractivity contribution in [2.75, 3.05) is 6.61 Å². The van der Waals surface area contributed by atoms with Gasteiger partial charge in [-0.2, -0.15) is 0 Å². The second kappa shape index (κ2) is 10.2. The minimum atomic E-state index is -0.787. The number of hydrogen-bond donors (Lipinski definition) is 1. The number of oxazole rings is 1. The number of aryl methyl sites for hydroxylation is 1. The summed E-state index contributed by atoms with van der Waals surface area (Å²) in [5, 5.41) is 9.81. The molecule has 1 N–H and O–H groups in total. The summed E-state index contributed by atoms with van der Waals surface area (Å²) in [6, 6.07) is 25.3. The molecule has 178 valence electrons. The Balaban J connectivity index is 1.25. The van der Waals surface area contributed by atoms with Gasteiger partial charge in [-0.15, -0.1) is 0 Å². The largest absolute Gasteiger partial charge is 0.493 e. The van der Waals surface area contributed by atoms with E-state index in [0.29, 0.717) is 38.4 Å². The van der Waals surface area contributed by atoms with Gasteiger partial charge in [0.2, 0.25) is 5.89 Å². The smallest absolute Gasteiger partial charge is 0.321 e. The van der Waals surface area contributed by atoms with Gasteiger partial charge in [-0.3, -0.25) is 9.69 Å². The zero-order chi connectivity index (χ0) is 24.2. The maximum atomic E-state index is 11.9. The second-order valence-corrected chi connectivity index (χ2v) is 8.87. The van der Waals surface area contributed by atoms with Crippen LogP contribution in [0.25, 0.3) is 11.5 Å². The number of ether oxygens (including phenoxy) is 1. The number of carboxylic acid groups (broad SMARTS) is 1. The van der Waals surface area contributed by atoms with Crippen molar-refractivity contribution in [3.63, 3.8) is 0 Å². The van der Waals surface area contributed by atoms with Gasteiger partial charge in [0.05, 0.1) is 12.3 Å². The number of fused-ring (bicyclic) bond motifs is 1. The van der Waals surface area contributed by atoms with Crippen LogP contribution in [0.1, 0.15) is 28.1 Å². The Bertz CT molecular complexity index is 1300. The maximum Gasteiger partial charge on any atom is 0.321 e. The molecule has 1 aromatic heterocycles. The van der Waals surface area contributed by atoms with Crippen LogP contribution in [0.4, 0.5) is 0 Å². The lowest BCUT2D eigenvalue weighted by atomic mass is 9.93. The average Bonchev–Trinajstić information content (AvgIpc) is 3.25. The van der Waals surface area contributed by atoms with E-state index in [0.717, 1.165) is 39.5 Å². The molecule has 0 fully saturated rings. The molecule has 4 aromatic rings. The lowest BCUT2D eigenvalue weighted by Gasteiger charge is -2.34. The number of carboxylic acids is 1. The topological polar surface area (TPSA) is 75.8 Å². The number of nitrogens with zero attached hydrogens (tertiary/aromatic N) is 2. The molecule has 0 radical (unpaired) electrons. The van der Waals surface area contributed by atoms with Gasteiger partial charge in [-0.05, 0) is 54.3 Å². The first-order valence-electron chi connectivity index (χ1n) is 11.8. The summed E-state index contributed by atoms with van der Waals surface area (Å²) in [6.45, 7) is 3.57. The Morgan fingerprint density at radius 3 is 2.54 bits per heavy atom. The molecule has 0 spiro atoms. The third-order valence-corrected chi connectivity index (χ3v) is 6.44. The van der Waals surface area contributed by atoms with Gasteiger partial charge < -0.3 is 14.3 Å². The lowest BCUT2D eigenvalue weighted by Crippen LogP contribution is -2.45. The average molecular weight is 469 g/mol. The van der Waals surface area contributed by atoms with Gasteiger partial charge in [0.1, 0.15) is 17.6 Å². The summed E-state index contributed by atoms with van der Waals surface area (Å²) in [7, 11) is 0. The molecular formula is C29H28N2O4. The molecule has 1 aliphatic heterocycles. The number of hydrogen-bond acceptors (Lipinski definition) is 5. The van der Waals surface area contributed by atoms with E-state index < -0.39 is 12.0 Å². The van der Waals surface area contributed by atoms with Crippen molar-refractivity contribution in [1.82, 2.24) is 9.88 Å². The number of aromatic nitrogens is 1. The molecule has 0 amide bonds. The predicted octanol–water partition coefficient (Wildman–Crippen LogP) is 5.28. The predicted molar refractivity (Wildman–Crippen MR) is 133 cm³/mol. The fraction of sp³-hybridized carbons (Fsp3) is 0.241. The van der Waals surface area contributed by atoms with Crippen molar-refractivity contribution in [3.8, 4) is 17.2 Å². The number of rotatable bonds is 8. The van der Waals surface area contributed by atoms with Gasteiger partial charge in [-0.1, -0.05) is 54.6 Å². The van der Waals surface area contributed by atoms with Crippen LogP contribution in [0.2, 0.25) is 0 Å². The molecule has 6 nitrogen and oxygen atoms in total. The SMILES string of the molecule is Cc1oc(-c2ccccc2)nc1CCOc1ccc2c(c1)CN(Cc1ccccc1)[C@H](C(=O)O)C2. The number of carbonyl (C=O) groups is 1. The summed E-state index contributed by atoms with van der Waals surface area (Å²) in [4.78, 5) is 18.6. The van der Waals surface area contributed by atoms with Crippen LogP contribution in [0.5, 0.6) is 5.75 Å². The van der Waals surface area contributed by atoms with Gasteiger partial charge in [0.15, 0.2) is 0 Å². The monoisotopic (exact) mass is 468 g/mol. The van der Waals surface area contributed by atoms with Crippen LogP contribution in [-0.2, 0) is 30.7 Å². The molecule has 0 bridgehead atoms. The summed E-state index contributed by atoms with van der Waals surface area (Å²) < 4.78 is 11.9. The summed E-state index contributed by atoms with van der Waals surface area (Å²) in [5.74, 6) is 1.42. The molecule has 1 aliphatic rings. The Kier molecular flexibility index (Phi) is 6.64. The highest BCUT2D eigenvalue weighted by Gasteiger charge is 2.31. The van der Waals surface area contributed by atoms with Crippen molar-refractivity contribution in [3.05, 3.63) is 107 Å². The summed E-state index contributed by atoms with van der Waals surface area (Å²) in [6.07, 6.45) is 1.12. The van der Waals surface area contributed by atoms with Crippen LogP contribution in [0.15, 0.2) is 83.3 Å². The van der Waals surface area contributed by atoms with E-state index in [4.69, 9.17) is 9.15 Å². The Hall–Kier alpha value is -3.90. The van der Waals surface area contributed by atoms with E-state index in [1.54, 1.807) is 0 Å². The zero-order valence-corrected chi connectivity index (χ0v) is 19.7. The quantitative estimate of drug-likeness (QED) is 0.379. The Morgan fingerprint density at radius 2 is 1.80 bits per heavy atom. The normalized spacial score (nSPS) is 15.5. The lowest BCUT2D eigenvalue weighted by molar-refractivity contribution is -0.144. The molecular weight excluding hydrogens is 440 g/mol. The van der Waals surface area contributed by atoms with Crippen molar-refractivity contribution >= 4 is 5.97 Å². The maximum absolute atomic E-state index is 11.9. The van der Waals surface area contributed by atoms with Gasteiger partial charge in [-0.25, -0.2) is 4.98 Å². The first-order valence-corrected chi connectivity index (χ1v) is 11.8. The van der Waals surface area contributed by atoms with Crippen LogP contribution < -0.4 is 4.74 Å². The molecule has 1 atom stereocenters. The van der Waals surface area contributed by atoms with Gasteiger partial charge >= 0.3 is 5.97 Å². The Labute approximate surface area is 204 Å².